The van der Waals surface area contributed by atoms with Crippen molar-refractivity contribution in [2.24, 2.45) is 46.3 Å². The van der Waals surface area contributed by atoms with E-state index < -0.39 is 0 Å². The summed E-state index contributed by atoms with van der Waals surface area (Å²) >= 11 is 8.68. The van der Waals surface area contributed by atoms with Gasteiger partial charge in [-0.1, -0.05) is 131 Å². The molecule has 41 heavy (non-hydrogen) atoms. The fraction of sp³-hybridized carbons (Fsp3) is 0.973. The van der Waals surface area contributed by atoms with Crippen LogP contribution in [0.4, 0.5) is 0 Å². The van der Waals surface area contributed by atoms with Gasteiger partial charge in [-0.3, -0.25) is 4.79 Å². The largest absolute Gasteiger partial charge is 0.462 e. The van der Waals surface area contributed by atoms with Crippen LogP contribution in [0, 0.1) is 46.3 Å². The Hall–Kier alpha value is 0.430. The van der Waals surface area contributed by atoms with Gasteiger partial charge in [0, 0.05) is 22.0 Å². The molecule has 0 aromatic rings. The summed E-state index contributed by atoms with van der Waals surface area (Å²) in [4.78, 5) is 13.2. The van der Waals surface area contributed by atoms with Gasteiger partial charge in [0.15, 0.2) is 0 Å². The number of esters is 1. The van der Waals surface area contributed by atoms with Crippen molar-refractivity contribution in [3.8, 4) is 0 Å². The molecule has 0 amide bonds. The van der Waals surface area contributed by atoms with Crippen LogP contribution in [-0.2, 0) is 9.53 Å². The van der Waals surface area contributed by atoms with E-state index in [1.165, 1.54) is 89.9 Å². The summed E-state index contributed by atoms with van der Waals surface area (Å²) in [6.45, 7) is 14.9. The topological polar surface area (TPSA) is 26.3 Å². The van der Waals surface area contributed by atoms with Gasteiger partial charge in [0.05, 0.1) is 0 Å². The monoisotopic (exact) mass is 698 g/mol. The van der Waals surface area contributed by atoms with Crippen LogP contribution in [0.15, 0.2) is 0 Å². The Morgan fingerprint density at radius 1 is 0.878 bits per heavy atom. The number of rotatable bonds is 14. The second-order valence-corrected chi connectivity index (χ2v) is 18.6. The summed E-state index contributed by atoms with van der Waals surface area (Å²) in [6, 6.07) is 0. The fourth-order valence-electron chi connectivity index (χ4n) is 10.7. The van der Waals surface area contributed by atoms with E-state index in [2.05, 4.69) is 73.4 Å². The number of carbonyl (C=O) groups excluding carboxylic acids is 1. The molecule has 4 fully saturated rings. The van der Waals surface area contributed by atoms with Crippen molar-refractivity contribution in [2.75, 3.05) is 0 Å². The number of carbonyl (C=O) groups is 1. The number of ether oxygens (including phenoxy) is 1. The third-order valence-corrected chi connectivity index (χ3v) is 16.7. The predicted octanol–water partition coefficient (Wildman–Crippen LogP) is 12.1. The highest BCUT2D eigenvalue weighted by Gasteiger charge is 2.67. The SMILES string of the molecule is CCCCCCCCCC(=O)O[C@H]1CC[C@]2(C)[C@@H]3CC[C@@]4(C)[C@H](CC[C@H]4[C@@H](C)CCCC(C)C)[C@H]3C[C@H](Br)[C@@]2(Br)C1. The standard InChI is InChI=1S/C37H64Br2O2/c1-7-8-9-10-11-12-13-17-34(40)41-28-20-23-36(6)32-21-22-35(5)30(27(4)16-14-15-26(2)3)18-19-31(35)29(32)24-33(38)37(36,39)25-28/h26-33H,7-25H2,1-6H3/t27-,28-,29+,30-,31+,32+,33-,35+,36+,37-/m0/s1. The lowest BCUT2D eigenvalue weighted by Gasteiger charge is -2.66. The number of unbranched alkanes of at least 4 members (excludes halogenated alkanes) is 6. The minimum Gasteiger partial charge on any atom is -0.462 e. The molecule has 0 saturated heterocycles. The normalized spacial score (nSPS) is 41.0. The summed E-state index contributed by atoms with van der Waals surface area (Å²) in [5, 5.41) is 0. The Kier molecular flexibility index (Phi) is 12.3. The zero-order valence-electron chi connectivity index (χ0n) is 27.6. The van der Waals surface area contributed by atoms with Crippen LogP contribution in [0.5, 0.6) is 0 Å². The fourth-order valence-corrected chi connectivity index (χ4v) is 12.9. The Bertz CT molecular complexity index is 845. The van der Waals surface area contributed by atoms with Crippen LogP contribution in [0.2, 0.25) is 0 Å². The third-order valence-electron chi connectivity index (χ3n) is 13.2. The van der Waals surface area contributed by atoms with Crippen LogP contribution in [0.3, 0.4) is 0 Å². The molecule has 0 heterocycles. The molecule has 0 radical (unpaired) electrons. The average Bonchev–Trinajstić information content (AvgIpc) is 3.27. The van der Waals surface area contributed by atoms with Crippen molar-refractivity contribution in [3.05, 3.63) is 0 Å². The molecule has 4 aliphatic carbocycles. The third kappa shape index (κ3) is 7.30. The number of hydrogen-bond acceptors (Lipinski definition) is 2. The van der Waals surface area contributed by atoms with Gasteiger partial charge in [-0.15, -0.1) is 0 Å². The highest BCUT2D eigenvalue weighted by Crippen LogP contribution is 2.71. The molecule has 4 rings (SSSR count). The quantitative estimate of drug-likeness (QED) is 0.102. The first kappa shape index (κ1) is 34.3. The van der Waals surface area contributed by atoms with E-state index in [-0.39, 0.29) is 21.8 Å². The molecule has 238 valence electrons. The lowest BCUT2D eigenvalue weighted by molar-refractivity contribution is -0.158. The Balaban J connectivity index is 1.34. The molecule has 0 aromatic heterocycles. The van der Waals surface area contributed by atoms with Crippen molar-refractivity contribution in [3.63, 3.8) is 0 Å². The highest BCUT2D eigenvalue weighted by molar-refractivity contribution is 9.12. The first-order valence-corrected chi connectivity index (χ1v) is 19.7. The zero-order chi connectivity index (χ0) is 29.8. The Labute approximate surface area is 271 Å². The second-order valence-electron chi connectivity index (χ2n) is 16.1. The smallest absolute Gasteiger partial charge is 0.306 e. The van der Waals surface area contributed by atoms with E-state index in [1.807, 2.05) is 0 Å². The molecule has 0 unspecified atom stereocenters. The molecular formula is C37H64Br2O2. The van der Waals surface area contributed by atoms with Crippen molar-refractivity contribution >= 4 is 37.8 Å². The number of alkyl halides is 2. The van der Waals surface area contributed by atoms with Gasteiger partial charge in [0.25, 0.3) is 0 Å². The van der Waals surface area contributed by atoms with E-state index in [1.54, 1.807) is 0 Å². The second kappa shape index (κ2) is 14.7. The highest BCUT2D eigenvalue weighted by atomic mass is 79.9. The van der Waals surface area contributed by atoms with Crippen LogP contribution in [-0.4, -0.2) is 21.2 Å². The first-order valence-electron chi connectivity index (χ1n) is 18.0. The maximum absolute atomic E-state index is 12.8. The number of hydrogen-bond donors (Lipinski definition) is 0. The van der Waals surface area contributed by atoms with E-state index >= 15 is 0 Å². The molecule has 10 atom stereocenters. The summed E-state index contributed by atoms with van der Waals surface area (Å²) in [5.74, 6) is 5.13. The molecule has 0 aromatic carbocycles. The molecule has 4 saturated carbocycles. The number of fused-ring (bicyclic) bond motifs is 5. The van der Waals surface area contributed by atoms with Gasteiger partial charge in [0.2, 0.25) is 0 Å². The predicted molar refractivity (Wildman–Crippen MR) is 182 cm³/mol. The molecule has 4 aliphatic rings. The zero-order valence-corrected chi connectivity index (χ0v) is 30.8. The summed E-state index contributed by atoms with van der Waals surface area (Å²) < 4.78 is 6.18. The Morgan fingerprint density at radius 2 is 1.59 bits per heavy atom. The average molecular weight is 701 g/mol. The van der Waals surface area contributed by atoms with Gasteiger partial charge in [-0.2, -0.15) is 0 Å². The minimum atomic E-state index is 0.0134. The van der Waals surface area contributed by atoms with E-state index in [0.717, 1.165) is 61.2 Å². The minimum absolute atomic E-state index is 0.0134. The Morgan fingerprint density at radius 3 is 2.29 bits per heavy atom. The summed E-state index contributed by atoms with van der Waals surface area (Å²) in [6.07, 6.45) is 23.7. The van der Waals surface area contributed by atoms with Crippen molar-refractivity contribution < 1.29 is 9.53 Å². The maximum atomic E-state index is 12.8. The molecule has 4 heteroatoms. The molecule has 0 N–H and O–H groups in total. The summed E-state index contributed by atoms with van der Waals surface area (Å²) in [5.41, 5.74) is 0.782. The van der Waals surface area contributed by atoms with Crippen LogP contribution < -0.4 is 0 Å². The molecule has 0 bridgehead atoms. The lowest BCUT2D eigenvalue weighted by Crippen LogP contribution is -2.64. The van der Waals surface area contributed by atoms with Crippen LogP contribution >= 0.6 is 31.9 Å². The maximum Gasteiger partial charge on any atom is 0.306 e. The van der Waals surface area contributed by atoms with Crippen molar-refractivity contribution in [1.29, 1.82) is 0 Å². The number of halogens is 2. The van der Waals surface area contributed by atoms with Gasteiger partial charge in [-0.25, -0.2) is 0 Å². The molecule has 0 aliphatic heterocycles. The van der Waals surface area contributed by atoms with Gasteiger partial charge >= 0.3 is 5.97 Å². The van der Waals surface area contributed by atoms with Gasteiger partial charge in [0.1, 0.15) is 6.10 Å². The molecule has 2 nitrogen and oxygen atoms in total. The molecule has 0 spiro atoms. The van der Waals surface area contributed by atoms with E-state index in [0.29, 0.717) is 16.7 Å². The van der Waals surface area contributed by atoms with Crippen LogP contribution in [0.1, 0.15) is 164 Å². The van der Waals surface area contributed by atoms with Crippen LogP contribution in [0.25, 0.3) is 0 Å². The van der Waals surface area contributed by atoms with Gasteiger partial charge < -0.3 is 4.74 Å². The molecular weight excluding hydrogens is 636 g/mol. The van der Waals surface area contributed by atoms with Crippen molar-refractivity contribution in [2.45, 2.75) is 179 Å². The lowest BCUT2D eigenvalue weighted by atomic mass is 9.44. The van der Waals surface area contributed by atoms with E-state index in [4.69, 9.17) is 4.74 Å². The summed E-state index contributed by atoms with van der Waals surface area (Å²) in [7, 11) is 0. The van der Waals surface area contributed by atoms with Crippen molar-refractivity contribution in [1.82, 2.24) is 0 Å². The first-order chi connectivity index (χ1) is 19.5. The van der Waals surface area contributed by atoms with E-state index in [9.17, 15) is 4.79 Å². The van der Waals surface area contributed by atoms with Gasteiger partial charge in [-0.05, 0) is 97.7 Å².